The standard InChI is InChI=1S/C42H28N2S/c1-3-11-29(12-4-1)31-19-23-33(24-20-31)43(34-25-21-32(22-26-34)30-13-5-2-6-14-30)39-28-27-36-35-15-7-8-16-37(35)44-38-17-9-10-18-40(38)45-42(39)41(36)44/h1-28H. The lowest BCUT2D eigenvalue weighted by atomic mass is 10.0. The summed E-state index contributed by atoms with van der Waals surface area (Å²) in [7, 11) is 0. The highest BCUT2D eigenvalue weighted by Gasteiger charge is 2.27. The van der Waals surface area contributed by atoms with Gasteiger partial charge in [-0.05, 0) is 70.8 Å². The predicted octanol–water partition coefficient (Wildman–Crippen LogP) is 12.1. The zero-order chi connectivity index (χ0) is 29.7. The first-order valence-electron chi connectivity index (χ1n) is 15.3. The molecule has 0 aliphatic carbocycles. The van der Waals surface area contributed by atoms with E-state index in [9.17, 15) is 0 Å². The fourth-order valence-electron chi connectivity index (χ4n) is 6.68. The molecule has 2 heterocycles. The molecule has 45 heavy (non-hydrogen) atoms. The molecular formula is C42H28N2S. The summed E-state index contributed by atoms with van der Waals surface area (Å²) < 4.78 is 2.46. The summed E-state index contributed by atoms with van der Waals surface area (Å²) in [5.74, 6) is 0. The fraction of sp³-hybridized carbons (Fsp3) is 0. The summed E-state index contributed by atoms with van der Waals surface area (Å²) in [6.07, 6.45) is 0. The van der Waals surface area contributed by atoms with E-state index in [1.165, 1.54) is 65.2 Å². The van der Waals surface area contributed by atoms with Gasteiger partial charge in [0.15, 0.2) is 0 Å². The van der Waals surface area contributed by atoms with Crippen LogP contribution in [0.5, 0.6) is 0 Å². The van der Waals surface area contributed by atoms with Gasteiger partial charge in [0.05, 0.1) is 27.3 Å². The molecule has 0 amide bonds. The first-order chi connectivity index (χ1) is 22.3. The van der Waals surface area contributed by atoms with Crippen molar-refractivity contribution in [3.63, 3.8) is 0 Å². The van der Waals surface area contributed by atoms with E-state index in [0.29, 0.717) is 0 Å². The SMILES string of the molecule is c1ccc(-c2ccc(N(c3ccc(-c4ccccc4)cc3)c3ccc4c5ccccc5n5c4c3Sc3ccccc3-5)cc2)cc1. The van der Waals surface area contributed by atoms with Crippen molar-refractivity contribution < 1.29 is 0 Å². The summed E-state index contributed by atoms with van der Waals surface area (Å²) >= 11 is 1.87. The van der Waals surface area contributed by atoms with Gasteiger partial charge in [-0.1, -0.05) is 133 Å². The number of anilines is 3. The number of aromatic nitrogens is 1. The third kappa shape index (κ3) is 4.28. The quantitative estimate of drug-likeness (QED) is 0.196. The van der Waals surface area contributed by atoms with E-state index in [0.717, 1.165) is 11.4 Å². The number of fused-ring (bicyclic) bond motifs is 5. The van der Waals surface area contributed by atoms with Crippen molar-refractivity contribution in [1.82, 2.24) is 4.57 Å². The van der Waals surface area contributed by atoms with E-state index in [4.69, 9.17) is 0 Å². The zero-order valence-corrected chi connectivity index (χ0v) is 25.3. The number of hydrogen-bond donors (Lipinski definition) is 0. The molecule has 7 aromatic carbocycles. The second-order valence-electron chi connectivity index (χ2n) is 11.4. The van der Waals surface area contributed by atoms with Crippen molar-refractivity contribution in [2.45, 2.75) is 9.79 Å². The molecule has 1 aromatic heterocycles. The highest BCUT2D eigenvalue weighted by Crippen LogP contribution is 2.52. The van der Waals surface area contributed by atoms with Gasteiger partial charge in [0.25, 0.3) is 0 Å². The van der Waals surface area contributed by atoms with E-state index >= 15 is 0 Å². The minimum absolute atomic E-state index is 1.12. The van der Waals surface area contributed by atoms with Crippen LogP contribution in [-0.2, 0) is 0 Å². The molecule has 2 nitrogen and oxygen atoms in total. The monoisotopic (exact) mass is 592 g/mol. The average molecular weight is 593 g/mol. The number of benzene rings is 7. The van der Waals surface area contributed by atoms with E-state index in [1.807, 2.05) is 11.8 Å². The maximum Gasteiger partial charge on any atom is 0.0702 e. The molecule has 1 aliphatic rings. The Morgan fingerprint density at radius 2 is 0.956 bits per heavy atom. The molecule has 0 fully saturated rings. The van der Waals surface area contributed by atoms with Crippen molar-refractivity contribution in [3.05, 3.63) is 170 Å². The summed E-state index contributed by atoms with van der Waals surface area (Å²) in [6.45, 7) is 0. The normalized spacial score (nSPS) is 11.9. The predicted molar refractivity (Wildman–Crippen MR) is 190 cm³/mol. The second-order valence-corrected chi connectivity index (χ2v) is 12.4. The Hall–Kier alpha value is -5.51. The molecule has 3 heteroatoms. The lowest BCUT2D eigenvalue weighted by Gasteiger charge is -2.30. The van der Waals surface area contributed by atoms with Crippen LogP contribution in [0.25, 0.3) is 49.7 Å². The van der Waals surface area contributed by atoms with Gasteiger partial charge in [-0.2, -0.15) is 0 Å². The van der Waals surface area contributed by atoms with Gasteiger partial charge in [0.1, 0.15) is 0 Å². The van der Waals surface area contributed by atoms with Gasteiger partial charge in [-0.15, -0.1) is 0 Å². The second kappa shape index (κ2) is 10.6. The van der Waals surface area contributed by atoms with Crippen molar-refractivity contribution in [1.29, 1.82) is 0 Å². The number of rotatable bonds is 5. The Morgan fingerprint density at radius 1 is 0.422 bits per heavy atom. The molecule has 0 saturated heterocycles. The van der Waals surface area contributed by atoms with Gasteiger partial charge < -0.3 is 9.47 Å². The highest BCUT2D eigenvalue weighted by molar-refractivity contribution is 8.00. The first kappa shape index (κ1) is 25.9. The van der Waals surface area contributed by atoms with Crippen LogP contribution >= 0.6 is 11.8 Å². The molecule has 0 atom stereocenters. The van der Waals surface area contributed by atoms with Crippen LogP contribution in [0.15, 0.2) is 180 Å². The third-order valence-corrected chi connectivity index (χ3v) is 9.97. The van der Waals surface area contributed by atoms with E-state index < -0.39 is 0 Å². The maximum absolute atomic E-state index is 2.46. The smallest absolute Gasteiger partial charge is 0.0702 e. The Bertz CT molecular complexity index is 2240. The average Bonchev–Trinajstić information content (AvgIpc) is 3.46. The fourth-order valence-corrected chi connectivity index (χ4v) is 7.87. The van der Waals surface area contributed by atoms with Crippen molar-refractivity contribution in [3.8, 4) is 27.9 Å². The number of para-hydroxylation sites is 2. The lowest BCUT2D eigenvalue weighted by Crippen LogP contribution is -2.12. The Balaban J connectivity index is 1.27. The molecule has 0 bridgehead atoms. The maximum atomic E-state index is 2.46. The van der Waals surface area contributed by atoms with Crippen LogP contribution in [0.1, 0.15) is 0 Å². The van der Waals surface area contributed by atoms with E-state index in [2.05, 4.69) is 179 Å². The molecule has 0 saturated carbocycles. The summed E-state index contributed by atoms with van der Waals surface area (Å²) in [6, 6.07) is 61.3. The van der Waals surface area contributed by atoms with Gasteiger partial charge in [0.2, 0.25) is 0 Å². The molecular weight excluding hydrogens is 565 g/mol. The molecule has 9 rings (SSSR count). The van der Waals surface area contributed by atoms with E-state index in [-0.39, 0.29) is 0 Å². The summed E-state index contributed by atoms with van der Waals surface area (Å²) in [5.41, 5.74) is 12.0. The molecule has 1 aliphatic heterocycles. The molecule has 8 aromatic rings. The Labute approximate surface area is 266 Å². The van der Waals surface area contributed by atoms with Gasteiger partial charge >= 0.3 is 0 Å². The van der Waals surface area contributed by atoms with Crippen molar-refractivity contribution in [2.75, 3.05) is 4.90 Å². The summed E-state index contributed by atoms with van der Waals surface area (Å²) in [4.78, 5) is 4.95. The van der Waals surface area contributed by atoms with Gasteiger partial charge in [-0.3, -0.25) is 0 Å². The van der Waals surface area contributed by atoms with Crippen LogP contribution in [-0.4, -0.2) is 4.57 Å². The summed E-state index contributed by atoms with van der Waals surface area (Å²) in [5, 5.41) is 2.56. The highest BCUT2D eigenvalue weighted by atomic mass is 32.2. The molecule has 212 valence electrons. The van der Waals surface area contributed by atoms with Crippen LogP contribution < -0.4 is 4.90 Å². The van der Waals surface area contributed by atoms with Crippen LogP contribution in [0.4, 0.5) is 17.1 Å². The number of hydrogen-bond acceptors (Lipinski definition) is 2. The van der Waals surface area contributed by atoms with E-state index in [1.54, 1.807) is 0 Å². The van der Waals surface area contributed by atoms with Gasteiger partial charge in [0, 0.05) is 27.0 Å². The topological polar surface area (TPSA) is 8.17 Å². The Kier molecular flexibility index (Phi) is 6.10. The largest absolute Gasteiger partial charge is 0.309 e. The van der Waals surface area contributed by atoms with Gasteiger partial charge in [-0.25, -0.2) is 0 Å². The number of nitrogens with zero attached hydrogens (tertiary/aromatic N) is 2. The van der Waals surface area contributed by atoms with Crippen molar-refractivity contribution in [2.24, 2.45) is 0 Å². The van der Waals surface area contributed by atoms with Crippen LogP contribution in [0.3, 0.4) is 0 Å². The van der Waals surface area contributed by atoms with Crippen LogP contribution in [0, 0.1) is 0 Å². The first-order valence-corrected chi connectivity index (χ1v) is 16.1. The minimum Gasteiger partial charge on any atom is -0.309 e. The third-order valence-electron chi connectivity index (χ3n) is 8.79. The molecule has 0 spiro atoms. The Morgan fingerprint density at radius 3 is 1.60 bits per heavy atom. The van der Waals surface area contributed by atoms with Crippen molar-refractivity contribution >= 4 is 50.6 Å². The zero-order valence-electron chi connectivity index (χ0n) is 24.5. The van der Waals surface area contributed by atoms with Crippen LogP contribution in [0.2, 0.25) is 0 Å². The lowest BCUT2D eigenvalue weighted by molar-refractivity contribution is 1.08. The molecule has 0 radical (unpaired) electrons. The minimum atomic E-state index is 1.12. The molecule has 0 N–H and O–H groups in total. The molecule has 0 unspecified atom stereocenters.